The van der Waals surface area contributed by atoms with Crippen LogP contribution in [0.2, 0.25) is 0 Å². The van der Waals surface area contributed by atoms with E-state index in [0.717, 1.165) is 28.1 Å². The van der Waals surface area contributed by atoms with Crippen molar-refractivity contribution in [3.8, 4) is 0 Å². The standard InChI is InChI=1S/C28H32F3N7O/c1-17-9-10-18(2)23-21(17)16-22(26(39)32-23)24(25-33-34-35-38(25)27(3,4)5)37-13-11-36(12-14-37)20-8-6-7-19(15-20)28(29,30)31/h6-10,15-16,24H,11-14H2,1-5H3,(H,32,39)/t24-/m1/s1. The summed E-state index contributed by atoms with van der Waals surface area (Å²) < 4.78 is 41.7. The minimum atomic E-state index is -4.40. The van der Waals surface area contributed by atoms with E-state index in [1.807, 2.05) is 57.7 Å². The molecule has 39 heavy (non-hydrogen) atoms. The highest BCUT2D eigenvalue weighted by molar-refractivity contribution is 5.85. The fourth-order valence-electron chi connectivity index (χ4n) is 5.25. The van der Waals surface area contributed by atoms with Crippen LogP contribution in [0.4, 0.5) is 18.9 Å². The van der Waals surface area contributed by atoms with Crippen LogP contribution >= 0.6 is 0 Å². The third kappa shape index (κ3) is 5.15. The summed E-state index contributed by atoms with van der Waals surface area (Å²) in [6, 6.07) is 10.8. The van der Waals surface area contributed by atoms with Crippen LogP contribution in [0.25, 0.3) is 10.9 Å². The fourth-order valence-corrected chi connectivity index (χ4v) is 5.25. The predicted octanol–water partition coefficient (Wildman–Crippen LogP) is 4.82. The number of nitrogens with zero attached hydrogens (tertiary/aromatic N) is 6. The number of aromatic nitrogens is 5. The number of aromatic amines is 1. The van der Waals surface area contributed by atoms with Crippen LogP contribution in [0.3, 0.4) is 0 Å². The van der Waals surface area contributed by atoms with Crippen molar-refractivity contribution in [1.29, 1.82) is 0 Å². The largest absolute Gasteiger partial charge is 0.416 e. The zero-order valence-electron chi connectivity index (χ0n) is 22.7. The predicted molar refractivity (Wildman–Crippen MR) is 144 cm³/mol. The van der Waals surface area contributed by atoms with E-state index in [9.17, 15) is 18.0 Å². The molecule has 206 valence electrons. The van der Waals surface area contributed by atoms with Crippen molar-refractivity contribution in [1.82, 2.24) is 30.1 Å². The van der Waals surface area contributed by atoms with Gasteiger partial charge < -0.3 is 9.88 Å². The number of alkyl halides is 3. The van der Waals surface area contributed by atoms with E-state index in [0.29, 0.717) is 43.3 Å². The van der Waals surface area contributed by atoms with Crippen LogP contribution in [-0.2, 0) is 11.7 Å². The van der Waals surface area contributed by atoms with E-state index >= 15 is 0 Å². The summed E-state index contributed by atoms with van der Waals surface area (Å²) in [5, 5.41) is 13.5. The number of halogens is 3. The first kappa shape index (κ1) is 26.9. The Morgan fingerprint density at radius 3 is 2.31 bits per heavy atom. The van der Waals surface area contributed by atoms with E-state index in [2.05, 4.69) is 25.4 Å². The van der Waals surface area contributed by atoms with Gasteiger partial charge in [-0.3, -0.25) is 9.69 Å². The molecule has 3 heterocycles. The third-order valence-corrected chi connectivity index (χ3v) is 7.36. The Kier molecular flexibility index (Phi) is 6.74. The number of tetrazole rings is 1. The first-order valence-electron chi connectivity index (χ1n) is 12.9. The van der Waals surface area contributed by atoms with Crippen molar-refractivity contribution in [2.75, 3.05) is 31.1 Å². The molecule has 1 fully saturated rings. The van der Waals surface area contributed by atoms with Crippen LogP contribution in [0, 0.1) is 13.8 Å². The molecule has 1 atom stereocenters. The van der Waals surface area contributed by atoms with Gasteiger partial charge in [-0.15, -0.1) is 5.10 Å². The van der Waals surface area contributed by atoms with Crippen molar-refractivity contribution in [2.24, 2.45) is 0 Å². The zero-order valence-corrected chi connectivity index (χ0v) is 22.7. The lowest BCUT2D eigenvalue weighted by atomic mass is 9.98. The van der Waals surface area contributed by atoms with Gasteiger partial charge in [-0.2, -0.15) is 13.2 Å². The second kappa shape index (κ2) is 9.78. The van der Waals surface area contributed by atoms with E-state index in [1.54, 1.807) is 10.7 Å². The lowest BCUT2D eigenvalue weighted by Gasteiger charge is -2.40. The number of nitrogens with one attached hydrogen (secondary N) is 1. The first-order valence-corrected chi connectivity index (χ1v) is 12.9. The number of aryl methyl sites for hydroxylation is 2. The molecule has 0 radical (unpaired) electrons. The maximum Gasteiger partial charge on any atom is 0.416 e. The Morgan fingerprint density at radius 2 is 1.64 bits per heavy atom. The van der Waals surface area contributed by atoms with Crippen LogP contribution in [0.5, 0.6) is 0 Å². The molecule has 1 saturated heterocycles. The van der Waals surface area contributed by atoms with Gasteiger partial charge in [0.2, 0.25) is 0 Å². The number of benzene rings is 2. The highest BCUT2D eigenvalue weighted by Gasteiger charge is 2.36. The van der Waals surface area contributed by atoms with Gasteiger partial charge >= 0.3 is 6.18 Å². The van der Waals surface area contributed by atoms with Crippen LogP contribution in [-0.4, -0.2) is 56.3 Å². The molecule has 4 aromatic rings. The van der Waals surface area contributed by atoms with Crippen molar-refractivity contribution in [3.05, 3.63) is 80.9 Å². The number of hydrogen-bond acceptors (Lipinski definition) is 6. The normalized spacial score (nSPS) is 16.2. The lowest BCUT2D eigenvalue weighted by molar-refractivity contribution is -0.137. The summed E-state index contributed by atoms with van der Waals surface area (Å²) in [4.78, 5) is 20.7. The van der Waals surface area contributed by atoms with Gasteiger partial charge in [0.05, 0.1) is 16.6 Å². The van der Waals surface area contributed by atoms with Crippen LogP contribution < -0.4 is 10.5 Å². The molecule has 0 saturated carbocycles. The number of rotatable bonds is 4. The average molecular weight is 540 g/mol. The number of pyridine rings is 1. The van der Waals surface area contributed by atoms with E-state index in [4.69, 9.17) is 0 Å². The Hall–Kier alpha value is -3.73. The summed E-state index contributed by atoms with van der Waals surface area (Å²) in [6.45, 7) is 11.9. The fraction of sp³-hybridized carbons (Fsp3) is 0.429. The molecule has 0 amide bonds. The molecule has 0 unspecified atom stereocenters. The summed E-state index contributed by atoms with van der Waals surface area (Å²) in [6.07, 6.45) is -4.40. The Labute approximate surface area is 224 Å². The molecule has 8 nitrogen and oxygen atoms in total. The summed E-state index contributed by atoms with van der Waals surface area (Å²) in [5.41, 5.74) is 2.55. The minimum absolute atomic E-state index is 0.218. The number of hydrogen-bond donors (Lipinski definition) is 1. The zero-order chi connectivity index (χ0) is 28.1. The summed E-state index contributed by atoms with van der Waals surface area (Å²) >= 11 is 0. The molecule has 1 aliphatic rings. The molecule has 0 spiro atoms. The SMILES string of the molecule is Cc1ccc(C)c2[nH]c(=O)c([C@H](c3nnnn3C(C)(C)C)N3CCN(c4cccc(C(F)(F)F)c4)CC3)cc12. The van der Waals surface area contributed by atoms with Gasteiger partial charge in [0.15, 0.2) is 5.82 Å². The number of anilines is 1. The highest BCUT2D eigenvalue weighted by atomic mass is 19.4. The second-order valence-electron chi connectivity index (χ2n) is 11.1. The Balaban J connectivity index is 1.55. The molecule has 5 rings (SSSR count). The second-order valence-corrected chi connectivity index (χ2v) is 11.1. The Bertz CT molecular complexity index is 1560. The molecular formula is C28H32F3N7O. The molecule has 0 aliphatic carbocycles. The summed E-state index contributed by atoms with van der Waals surface area (Å²) in [5.74, 6) is 0.546. The molecule has 11 heteroatoms. The van der Waals surface area contributed by atoms with Gasteiger partial charge in [0, 0.05) is 42.8 Å². The topological polar surface area (TPSA) is 82.9 Å². The van der Waals surface area contributed by atoms with Crippen molar-refractivity contribution >= 4 is 16.6 Å². The lowest BCUT2D eigenvalue weighted by Crippen LogP contribution is -2.49. The molecule has 1 N–H and O–H groups in total. The first-order chi connectivity index (χ1) is 18.3. The molecule has 0 bridgehead atoms. The van der Waals surface area contributed by atoms with Gasteiger partial charge in [0.1, 0.15) is 6.04 Å². The van der Waals surface area contributed by atoms with E-state index < -0.39 is 23.3 Å². The van der Waals surface area contributed by atoms with Crippen molar-refractivity contribution < 1.29 is 13.2 Å². The average Bonchev–Trinajstić information content (AvgIpc) is 3.37. The number of piperazine rings is 1. The van der Waals surface area contributed by atoms with Gasteiger partial charge in [-0.25, -0.2) is 4.68 Å². The quantitative estimate of drug-likeness (QED) is 0.401. The molecule has 1 aliphatic heterocycles. The maximum absolute atomic E-state index is 13.6. The highest BCUT2D eigenvalue weighted by Crippen LogP contribution is 2.34. The van der Waals surface area contributed by atoms with Gasteiger partial charge in [-0.1, -0.05) is 18.2 Å². The third-order valence-electron chi connectivity index (χ3n) is 7.36. The van der Waals surface area contributed by atoms with Gasteiger partial charge in [0.25, 0.3) is 5.56 Å². The molecule has 2 aromatic heterocycles. The van der Waals surface area contributed by atoms with E-state index in [1.165, 1.54) is 12.1 Å². The smallest absolute Gasteiger partial charge is 0.369 e. The minimum Gasteiger partial charge on any atom is -0.369 e. The maximum atomic E-state index is 13.6. The Morgan fingerprint density at radius 1 is 0.949 bits per heavy atom. The van der Waals surface area contributed by atoms with Crippen LogP contribution in [0.1, 0.15) is 54.9 Å². The molecular weight excluding hydrogens is 507 g/mol. The summed E-state index contributed by atoms with van der Waals surface area (Å²) in [7, 11) is 0. The number of H-pyrrole nitrogens is 1. The van der Waals surface area contributed by atoms with Crippen molar-refractivity contribution in [2.45, 2.75) is 52.4 Å². The molecule has 2 aromatic carbocycles. The van der Waals surface area contributed by atoms with E-state index in [-0.39, 0.29) is 5.56 Å². The van der Waals surface area contributed by atoms with Crippen molar-refractivity contribution in [3.63, 3.8) is 0 Å². The van der Waals surface area contributed by atoms with Crippen LogP contribution in [0.15, 0.2) is 47.3 Å². The monoisotopic (exact) mass is 539 g/mol. The number of fused-ring (bicyclic) bond motifs is 1. The van der Waals surface area contributed by atoms with Gasteiger partial charge in [-0.05, 0) is 80.4 Å².